The largest absolute Gasteiger partial charge is 0.495 e. The van der Waals surface area contributed by atoms with E-state index >= 15 is 0 Å². The van der Waals surface area contributed by atoms with Crippen LogP contribution in [-0.2, 0) is 17.2 Å². The Morgan fingerprint density at radius 2 is 1.97 bits per heavy atom. The Morgan fingerprint density at radius 3 is 2.58 bits per heavy atom. The summed E-state index contributed by atoms with van der Waals surface area (Å²) < 4.78 is 62.3. The minimum Gasteiger partial charge on any atom is -0.495 e. The van der Waals surface area contributed by atoms with E-state index in [0.717, 1.165) is 18.9 Å². The van der Waals surface area contributed by atoms with Crippen LogP contribution in [0, 0.1) is 0 Å². The maximum absolute atomic E-state index is 14.1. The molecule has 0 spiro atoms. The first kappa shape index (κ1) is 23.3. The molecular formula is C20H20ClF3N6O2S. The average Bonchev–Trinajstić information content (AvgIpc) is 3.44. The second-order valence-electron chi connectivity index (χ2n) is 7.30. The third kappa shape index (κ3) is 4.92. The van der Waals surface area contributed by atoms with Crippen molar-refractivity contribution in [1.82, 2.24) is 19.5 Å². The van der Waals surface area contributed by atoms with Gasteiger partial charge in [0.15, 0.2) is 0 Å². The summed E-state index contributed by atoms with van der Waals surface area (Å²) in [4.78, 5) is 4.11. The highest BCUT2D eigenvalue weighted by Gasteiger charge is 2.36. The number of aromatic amines is 1. The summed E-state index contributed by atoms with van der Waals surface area (Å²) >= 11 is 6.35. The van der Waals surface area contributed by atoms with Gasteiger partial charge in [-0.1, -0.05) is 17.7 Å². The Labute approximate surface area is 194 Å². The summed E-state index contributed by atoms with van der Waals surface area (Å²) in [5.41, 5.74) is 4.46. The minimum atomic E-state index is -4.72. The van der Waals surface area contributed by atoms with Gasteiger partial charge in [-0.2, -0.15) is 18.2 Å². The molecule has 8 nitrogen and oxygen atoms in total. The lowest BCUT2D eigenvalue weighted by molar-refractivity contribution is -0.137. The lowest BCUT2D eigenvalue weighted by atomic mass is 9.98. The number of anilines is 3. The first-order valence-corrected chi connectivity index (χ1v) is 11.4. The molecule has 176 valence electrons. The number of rotatable bonds is 6. The molecule has 1 aliphatic heterocycles. The summed E-state index contributed by atoms with van der Waals surface area (Å²) in [6.07, 6.45) is -2.91. The van der Waals surface area contributed by atoms with Crippen molar-refractivity contribution in [2.24, 2.45) is 0 Å². The topological polar surface area (TPSA) is 109 Å². The standard InChI is InChI=1S/C20H20ClF3N6O2S/c1-32-15-5-4-11(8-16(15)33(31)30-6-2-3-7-30)17-13(20(22,23)24)9-12(10-14(17)21)26-19-27-18(25)28-29-19/h4-5,8-10H,2-3,6-7H2,1H3,(H4,25,26,27,28,29). The van der Waals surface area contributed by atoms with Crippen molar-refractivity contribution >= 4 is 40.2 Å². The SMILES string of the molecule is COc1ccc(-c2c(Cl)cc(Nc3n[nH]c(N)n3)cc2C(F)(F)F)cc1S(=O)N1CCCC1. The van der Waals surface area contributed by atoms with E-state index in [2.05, 4.69) is 20.5 Å². The number of ether oxygens (including phenoxy) is 1. The van der Waals surface area contributed by atoms with Crippen LogP contribution in [0.15, 0.2) is 35.2 Å². The molecule has 2 heterocycles. The third-order valence-electron chi connectivity index (χ3n) is 5.09. The zero-order valence-corrected chi connectivity index (χ0v) is 18.9. The number of nitrogens with one attached hydrogen (secondary N) is 2. The van der Waals surface area contributed by atoms with Crippen LogP contribution in [0.2, 0.25) is 5.02 Å². The van der Waals surface area contributed by atoms with Gasteiger partial charge in [0.2, 0.25) is 11.9 Å². The first-order chi connectivity index (χ1) is 15.7. The van der Waals surface area contributed by atoms with Gasteiger partial charge in [-0.3, -0.25) is 0 Å². The fraction of sp³-hybridized carbons (Fsp3) is 0.300. The summed E-state index contributed by atoms with van der Waals surface area (Å²) in [7, 11) is -0.157. The number of methoxy groups -OCH3 is 1. The van der Waals surface area contributed by atoms with Crippen LogP contribution < -0.4 is 15.8 Å². The number of nitrogens with two attached hydrogens (primary N) is 1. The van der Waals surface area contributed by atoms with Gasteiger partial charge in [-0.05, 0) is 42.7 Å². The smallest absolute Gasteiger partial charge is 0.417 e. The van der Waals surface area contributed by atoms with E-state index < -0.39 is 22.7 Å². The molecule has 1 saturated heterocycles. The molecule has 1 atom stereocenters. The lowest BCUT2D eigenvalue weighted by Gasteiger charge is -2.20. The van der Waals surface area contributed by atoms with Gasteiger partial charge < -0.3 is 15.8 Å². The Morgan fingerprint density at radius 1 is 1.24 bits per heavy atom. The highest BCUT2D eigenvalue weighted by atomic mass is 35.5. The number of H-pyrrole nitrogens is 1. The fourth-order valence-corrected chi connectivity index (χ4v) is 5.36. The van der Waals surface area contributed by atoms with E-state index in [-0.39, 0.29) is 33.7 Å². The van der Waals surface area contributed by atoms with Crippen molar-refractivity contribution in [3.05, 3.63) is 40.9 Å². The molecule has 1 aliphatic rings. The van der Waals surface area contributed by atoms with Crippen molar-refractivity contribution in [2.45, 2.75) is 23.9 Å². The Kier molecular flexibility index (Phi) is 6.50. The van der Waals surface area contributed by atoms with Crippen molar-refractivity contribution in [2.75, 3.05) is 31.2 Å². The molecule has 13 heteroatoms. The van der Waals surface area contributed by atoms with Crippen molar-refractivity contribution in [1.29, 1.82) is 0 Å². The third-order valence-corrected chi connectivity index (χ3v) is 6.92. The molecule has 0 radical (unpaired) electrons. The Bertz CT molecular complexity index is 1200. The van der Waals surface area contributed by atoms with Gasteiger partial charge in [-0.15, -0.1) is 5.10 Å². The van der Waals surface area contributed by atoms with Gasteiger partial charge in [-0.25, -0.2) is 13.6 Å². The van der Waals surface area contributed by atoms with Crippen LogP contribution in [0.1, 0.15) is 18.4 Å². The highest BCUT2D eigenvalue weighted by molar-refractivity contribution is 7.82. The van der Waals surface area contributed by atoms with Gasteiger partial charge in [0, 0.05) is 24.3 Å². The van der Waals surface area contributed by atoms with Gasteiger partial charge in [0.25, 0.3) is 0 Å². The van der Waals surface area contributed by atoms with Crippen molar-refractivity contribution in [3.8, 4) is 16.9 Å². The van der Waals surface area contributed by atoms with E-state index in [0.29, 0.717) is 23.7 Å². The van der Waals surface area contributed by atoms with E-state index in [1.54, 1.807) is 4.31 Å². The number of halogens is 4. The molecule has 1 fully saturated rings. The number of alkyl halides is 3. The zero-order chi connectivity index (χ0) is 23.8. The Balaban J connectivity index is 1.80. The summed E-state index contributed by atoms with van der Waals surface area (Å²) in [6, 6.07) is 6.64. The van der Waals surface area contributed by atoms with E-state index in [4.69, 9.17) is 22.1 Å². The van der Waals surface area contributed by atoms with Crippen LogP contribution in [0.25, 0.3) is 11.1 Å². The van der Waals surface area contributed by atoms with E-state index in [1.165, 1.54) is 31.4 Å². The minimum absolute atomic E-state index is 0.00261. The number of benzene rings is 2. The zero-order valence-electron chi connectivity index (χ0n) is 17.4. The summed E-state index contributed by atoms with van der Waals surface area (Å²) in [5, 5.41) is 8.64. The van der Waals surface area contributed by atoms with Gasteiger partial charge in [0.1, 0.15) is 16.7 Å². The van der Waals surface area contributed by atoms with Crippen LogP contribution in [0.4, 0.5) is 30.8 Å². The van der Waals surface area contributed by atoms with Crippen molar-refractivity contribution in [3.63, 3.8) is 0 Å². The first-order valence-electron chi connectivity index (χ1n) is 9.88. The predicted octanol–water partition coefficient (Wildman–Crippen LogP) is 4.60. The normalized spacial score (nSPS) is 15.5. The average molecular weight is 501 g/mol. The fourth-order valence-electron chi connectivity index (χ4n) is 3.62. The highest BCUT2D eigenvalue weighted by Crippen LogP contribution is 2.44. The second kappa shape index (κ2) is 9.20. The van der Waals surface area contributed by atoms with Crippen LogP contribution in [0.5, 0.6) is 5.75 Å². The molecule has 0 amide bonds. The maximum Gasteiger partial charge on any atom is 0.417 e. The molecule has 1 unspecified atom stereocenters. The van der Waals surface area contributed by atoms with Gasteiger partial charge >= 0.3 is 6.18 Å². The summed E-state index contributed by atoms with van der Waals surface area (Å²) in [6.45, 7) is 1.28. The molecule has 3 aromatic rings. The molecule has 0 aliphatic carbocycles. The molecule has 0 saturated carbocycles. The second-order valence-corrected chi connectivity index (χ2v) is 9.16. The molecule has 2 aromatic carbocycles. The molecule has 1 aromatic heterocycles. The number of aromatic nitrogens is 3. The van der Waals surface area contributed by atoms with Crippen LogP contribution >= 0.6 is 11.6 Å². The molecule has 4 rings (SSSR count). The molecule has 33 heavy (non-hydrogen) atoms. The quantitative estimate of drug-likeness (QED) is 0.456. The Hall–Kier alpha value is -2.83. The monoisotopic (exact) mass is 500 g/mol. The van der Waals surface area contributed by atoms with E-state index in [1.807, 2.05) is 0 Å². The maximum atomic E-state index is 14.1. The van der Waals surface area contributed by atoms with E-state index in [9.17, 15) is 17.4 Å². The lowest BCUT2D eigenvalue weighted by Crippen LogP contribution is -2.22. The summed E-state index contributed by atoms with van der Waals surface area (Å²) in [5.74, 6) is 0.333. The van der Waals surface area contributed by atoms with Crippen molar-refractivity contribution < 1.29 is 22.1 Å². The number of nitrogen functional groups attached to an aromatic ring is 1. The molecular weight excluding hydrogens is 481 g/mol. The molecule has 0 bridgehead atoms. The number of nitrogens with zero attached hydrogens (tertiary/aromatic N) is 3. The number of hydrogen-bond acceptors (Lipinski definition) is 6. The number of hydrogen-bond donors (Lipinski definition) is 3. The molecule has 4 N–H and O–H groups in total. The van der Waals surface area contributed by atoms with Gasteiger partial charge in [0.05, 0.1) is 22.6 Å². The predicted molar refractivity (Wildman–Crippen MR) is 120 cm³/mol. The van der Waals surface area contributed by atoms with Crippen LogP contribution in [0.3, 0.4) is 0 Å². The van der Waals surface area contributed by atoms with Crippen LogP contribution in [-0.4, -0.2) is 43.9 Å².